The zero-order chi connectivity index (χ0) is 31.5. The van der Waals surface area contributed by atoms with Gasteiger partial charge in [0, 0.05) is 48.4 Å². The fourth-order valence-electron chi connectivity index (χ4n) is 9.36. The molecule has 0 unspecified atom stereocenters. The lowest BCUT2D eigenvalue weighted by molar-refractivity contribution is 0.578. The van der Waals surface area contributed by atoms with Crippen molar-refractivity contribution in [2.75, 3.05) is 0 Å². The van der Waals surface area contributed by atoms with Crippen molar-refractivity contribution in [1.82, 2.24) is 0 Å². The van der Waals surface area contributed by atoms with Gasteiger partial charge in [-0.15, -0.1) is 0 Å². The Labute approximate surface area is 257 Å². The molecule has 0 amide bonds. The summed E-state index contributed by atoms with van der Waals surface area (Å²) in [6.45, 7) is 46.9. The van der Waals surface area contributed by atoms with Gasteiger partial charge in [-0.3, -0.25) is 0 Å². The predicted octanol–water partition coefficient (Wildman–Crippen LogP) is 9.94. The van der Waals surface area contributed by atoms with E-state index in [1.165, 1.54) is 5.19 Å². The molecule has 40 heavy (non-hydrogen) atoms. The molecule has 0 radical (unpaired) electrons. The Morgan fingerprint density at radius 3 is 1.02 bits per heavy atom. The highest BCUT2D eigenvalue weighted by atomic mass is 28.4. The van der Waals surface area contributed by atoms with E-state index in [0.29, 0.717) is 15.5 Å². The van der Waals surface area contributed by atoms with Crippen LogP contribution in [0, 0.1) is 0 Å². The third-order valence-corrected chi connectivity index (χ3v) is 39.5. The zero-order valence-electron chi connectivity index (χ0n) is 29.9. The molecule has 0 atom stereocenters. The third-order valence-electron chi connectivity index (χ3n) is 8.79. The van der Waals surface area contributed by atoms with Gasteiger partial charge in [0.1, 0.15) is 0 Å². The maximum Gasteiger partial charge on any atom is 0.270 e. The molecule has 1 nitrogen and oxygen atoms in total. The lowest BCUT2D eigenvalue weighted by Gasteiger charge is -2.47. The summed E-state index contributed by atoms with van der Waals surface area (Å²) in [4.78, 5) is 12.9. The van der Waals surface area contributed by atoms with Gasteiger partial charge in [-0.1, -0.05) is 154 Å². The standard InChI is InChI=1S/C32H66OSi7/c1-34(2,3)30(35(4,5)6)26-24-27(31(36(7,8)9)37(10,11)12)29(40(33)22-20-19-21-23-40)28(25-26)32(38(13,14)15)39(16,17)18/h20-25,30-33H,19H2,1-18H3. The van der Waals surface area contributed by atoms with E-state index in [1.54, 1.807) is 16.7 Å². The summed E-state index contributed by atoms with van der Waals surface area (Å²) < 4.78 is 0. The number of hydrogen-bond acceptors (Lipinski definition) is 1. The monoisotopic (exact) mass is 662 g/mol. The van der Waals surface area contributed by atoms with Crippen LogP contribution in [0.15, 0.2) is 35.7 Å². The number of rotatable bonds is 10. The summed E-state index contributed by atoms with van der Waals surface area (Å²) in [5.74, 6) is 0. The molecule has 0 saturated heterocycles. The van der Waals surface area contributed by atoms with Crippen LogP contribution < -0.4 is 5.19 Å². The lowest BCUT2D eigenvalue weighted by Crippen LogP contribution is -2.58. The van der Waals surface area contributed by atoms with E-state index in [0.717, 1.165) is 6.42 Å². The molecule has 0 spiro atoms. The van der Waals surface area contributed by atoms with Crippen molar-refractivity contribution in [1.29, 1.82) is 0 Å². The summed E-state index contributed by atoms with van der Waals surface area (Å²) in [6, 6.07) is 5.46. The van der Waals surface area contributed by atoms with Crippen molar-refractivity contribution < 1.29 is 4.80 Å². The van der Waals surface area contributed by atoms with E-state index in [4.69, 9.17) is 0 Å². The van der Waals surface area contributed by atoms with Crippen molar-refractivity contribution in [3.63, 3.8) is 0 Å². The molecule has 0 aromatic heterocycles. The highest BCUT2D eigenvalue weighted by Gasteiger charge is 2.49. The van der Waals surface area contributed by atoms with Crippen LogP contribution >= 0.6 is 0 Å². The normalized spacial score (nSPS) is 17.4. The Morgan fingerprint density at radius 2 is 0.775 bits per heavy atom. The van der Waals surface area contributed by atoms with Crippen molar-refractivity contribution in [3.8, 4) is 0 Å². The number of allylic oxidation sites excluding steroid dienone is 2. The van der Waals surface area contributed by atoms with E-state index < -0.39 is 56.8 Å². The van der Waals surface area contributed by atoms with Gasteiger partial charge in [0.2, 0.25) is 0 Å². The Kier molecular flexibility index (Phi) is 10.5. The van der Waals surface area contributed by atoms with Crippen LogP contribution in [0.3, 0.4) is 0 Å². The molecule has 0 saturated carbocycles. The first-order valence-electron chi connectivity index (χ1n) is 15.8. The van der Waals surface area contributed by atoms with Crippen molar-refractivity contribution >= 4 is 61.9 Å². The van der Waals surface area contributed by atoms with Crippen LogP contribution in [-0.4, -0.2) is 61.6 Å². The first-order chi connectivity index (χ1) is 17.5. The first-order valence-corrected chi connectivity index (χ1v) is 39.4. The fourth-order valence-corrected chi connectivity index (χ4v) is 50.9. The number of benzene rings is 1. The Morgan fingerprint density at radius 1 is 0.500 bits per heavy atom. The SMILES string of the molecule is C[Si](C)(C)C(c1cc(C([Si](C)(C)C)[Si](C)(C)C)c([Si]2(O)C=CCC=C2)c(C([Si](C)(C)C)[Si](C)(C)C)c1)[Si](C)(C)C. The van der Waals surface area contributed by atoms with Crippen LogP contribution in [0.5, 0.6) is 0 Å². The predicted molar refractivity (Wildman–Crippen MR) is 205 cm³/mol. The summed E-state index contributed by atoms with van der Waals surface area (Å²) >= 11 is 0. The molecule has 1 aromatic rings. The first kappa shape index (κ1) is 36.4. The molecule has 1 aliphatic rings. The van der Waals surface area contributed by atoms with E-state index in [1.807, 2.05) is 0 Å². The van der Waals surface area contributed by atoms with Crippen LogP contribution in [0.2, 0.25) is 118 Å². The Hall–Kier alpha value is 0.178. The van der Waals surface area contributed by atoms with Gasteiger partial charge < -0.3 is 4.80 Å². The smallest absolute Gasteiger partial charge is 0.270 e. The van der Waals surface area contributed by atoms with Gasteiger partial charge in [-0.05, 0) is 43.8 Å². The lowest BCUT2D eigenvalue weighted by atomic mass is 10.1. The van der Waals surface area contributed by atoms with Crippen molar-refractivity contribution in [3.05, 3.63) is 52.4 Å². The highest BCUT2D eigenvalue weighted by molar-refractivity contribution is 7.00. The molecule has 2 rings (SSSR count). The van der Waals surface area contributed by atoms with Gasteiger partial charge >= 0.3 is 0 Å². The summed E-state index contributed by atoms with van der Waals surface area (Å²) in [6.07, 6.45) is 5.47. The molecule has 0 aliphatic carbocycles. The minimum Gasteiger partial charge on any atom is -0.421 e. The molecule has 1 heterocycles. The van der Waals surface area contributed by atoms with Crippen LogP contribution in [0.1, 0.15) is 38.6 Å². The minimum absolute atomic E-state index is 0.613. The van der Waals surface area contributed by atoms with Gasteiger partial charge in [0.15, 0.2) is 0 Å². The van der Waals surface area contributed by atoms with E-state index in [9.17, 15) is 4.80 Å². The topological polar surface area (TPSA) is 20.2 Å². The molecule has 228 valence electrons. The molecule has 1 aromatic carbocycles. The number of hydrogen-bond donors (Lipinski definition) is 1. The second kappa shape index (κ2) is 11.6. The minimum atomic E-state index is -2.94. The average molecular weight is 663 g/mol. The van der Waals surface area contributed by atoms with Crippen LogP contribution in [0.25, 0.3) is 0 Å². The summed E-state index contributed by atoms with van der Waals surface area (Å²) in [5.41, 5.74) is 9.40. The maximum absolute atomic E-state index is 12.9. The Bertz CT molecular complexity index is 1000. The van der Waals surface area contributed by atoms with Gasteiger partial charge in [-0.25, -0.2) is 0 Å². The molecular weight excluding hydrogens is 597 g/mol. The van der Waals surface area contributed by atoms with E-state index >= 15 is 0 Å². The van der Waals surface area contributed by atoms with Gasteiger partial charge in [0.25, 0.3) is 8.32 Å². The maximum atomic E-state index is 12.9. The van der Waals surface area contributed by atoms with Crippen molar-refractivity contribution in [2.24, 2.45) is 0 Å². The molecule has 1 aliphatic heterocycles. The quantitative estimate of drug-likeness (QED) is 0.247. The average Bonchev–Trinajstić information content (AvgIpc) is 2.61. The summed E-state index contributed by atoms with van der Waals surface area (Å²) in [5, 5.41) is 3.36. The second-order valence-corrected chi connectivity index (χ2v) is 55.8. The third kappa shape index (κ3) is 8.21. The van der Waals surface area contributed by atoms with Crippen molar-refractivity contribution in [2.45, 2.75) is 140 Å². The zero-order valence-corrected chi connectivity index (χ0v) is 36.9. The highest BCUT2D eigenvalue weighted by Crippen LogP contribution is 2.45. The van der Waals surface area contributed by atoms with Crippen LogP contribution in [0.4, 0.5) is 0 Å². The summed E-state index contributed by atoms with van der Waals surface area (Å²) in [7, 11) is -12.4. The molecular formula is C32H66OSi7. The molecule has 0 fully saturated rings. The van der Waals surface area contributed by atoms with Gasteiger partial charge in [-0.2, -0.15) is 0 Å². The van der Waals surface area contributed by atoms with Crippen LogP contribution in [-0.2, 0) is 0 Å². The fraction of sp³-hybridized carbons (Fsp3) is 0.688. The second-order valence-electron chi connectivity index (χ2n) is 19.4. The largest absolute Gasteiger partial charge is 0.421 e. The van der Waals surface area contributed by atoms with Gasteiger partial charge in [0.05, 0.1) is 0 Å². The van der Waals surface area contributed by atoms with E-state index in [2.05, 4.69) is 154 Å². The Balaban J connectivity index is 3.38. The molecule has 1 N–H and O–H groups in total. The molecule has 0 bridgehead atoms. The van der Waals surface area contributed by atoms with E-state index in [-0.39, 0.29) is 0 Å². The molecule has 8 heteroatoms.